The number of rotatable bonds is 8. The molecule has 0 amide bonds. The second-order valence-corrected chi connectivity index (χ2v) is 5.80. The lowest BCUT2D eigenvalue weighted by Gasteiger charge is -2.15. The van der Waals surface area contributed by atoms with Crippen LogP contribution in [0.15, 0.2) is 43.0 Å². The molecule has 0 aliphatic rings. The van der Waals surface area contributed by atoms with Crippen molar-refractivity contribution in [2.45, 2.75) is 13.5 Å². The van der Waals surface area contributed by atoms with E-state index in [-0.39, 0.29) is 5.56 Å². The molecule has 0 atom stereocenters. The van der Waals surface area contributed by atoms with Crippen LogP contribution in [0.25, 0.3) is 0 Å². The van der Waals surface area contributed by atoms with E-state index in [0.29, 0.717) is 29.7 Å². The number of carboxylic acid groups (broad SMARTS) is 1. The van der Waals surface area contributed by atoms with Gasteiger partial charge in [0.25, 0.3) is 0 Å². The first-order valence-corrected chi connectivity index (χ1v) is 8.02. The van der Waals surface area contributed by atoms with E-state index in [9.17, 15) is 4.79 Å². The number of halogens is 1. The molecule has 0 saturated heterocycles. The van der Waals surface area contributed by atoms with E-state index in [0.717, 1.165) is 16.8 Å². The predicted octanol–water partition coefficient (Wildman–Crippen LogP) is 4.53. The third kappa shape index (κ3) is 4.67. The van der Waals surface area contributed by atoms with Gasteiger partial charge in [0.15, 0.2) is 11.5 Å². The number of hydrogen-bond acceptors (Lipinski definition) is 4. The van der Waals surface area contributed by atoms with Gasteiger partial charge in [-0.15, -0.1) is 0 Å². The Hall–Kier alpha value is -2.66. The normalized spacial score (nSPS) is 10.2. The number of aromatic carboxylic acids is 1. The monoisotopic (exact) mass is 361 g/mol. The van der Waals surface area contributed by atoms with Gasteiger partial charge in [-0.05, 0) is 48.4 Å². The van der Waals surface area contributed by atoms with Crippen molar-refractivity contribution in [1.29, 1.82) is 0 Å². The maximum absolute atomic E-state index is 11.0. The Kier molecular flexibility index (Phi) is 6.31. The summed E-state index contributed by atoms with van der Waals surface area (Å²) >= 11 is 6.29. The minimum Gasteiger partial charge on any atom is -0.493 e. The average molecular weight is 362 g/mol. The van der Waals surface area contributed by atoms with E-state index in [1.807, 2.05) is 13.0 Å². The summed E-state index contributed by atoms with van der Waals surface area (Å²) in [4.78, 5) is 11.0. The Balaban J connectivity index is 2.16. The number of anilines is 1. The number of aryl methyl sites for hydroxylation is 1. The van der Waals surface area contributed by atoms with Crippen molar-refractivity contribution in [3.8, 4) is 11.5 Å². The number of benzene rings is 2. The van der Waals surface area contributed by atoms with Gasteiger partial charge in [-0.1, -0.05) is 24.3 Å². The Morgan fingerprint density at radius 2 is 2.12 bits per heavy atom. The van der Waals surface area contributed by atoms with Crippen LogP contribution >= 0.6 is 11.6 Å². The van der Waals surface area contributed by atoms with Crippen molar-refractivity contribution in [2.75, 3.05) is 19.0 Å². The number of ether oxygens (including phenoxy) is 2. The van der Waals surface area contributed by atoms with Crippen molar-refractivity contribution < 1.29 is 19.4 Å². The highest BCUT2D eigenvalue weighted by atomic mass is 35.5. The molecule has 2 N–H and O–H groups in total. The van der Waals surface area contributed by atoms with Crippen LogP contribution in [0.2, 0.25) is 5.02 Å². The highest BCUT2D eigenvalue weighted by Gasteiger charge is 2.12. The van der Waals surface area contributed by atoms with Crippen LogP contribution in [0.3, 0.4) is 0 Å². The Morgan fingerprint density at radius 3 is 2.72 bits per heavy atom. The minimum absolute atomic E-state index is 0.261. The molecule has 0 aromatic heterocycles. The highest BCUT2D eigenvalue weighted by molar-refractivity contribution is 6.32. The van der Waals surface area contributed by atoms with Crippen molar-refractivity contribution in [3.63, 3.8) is 0 Å². The van der Waals surface area contributed by atoms with Crippen molar-refractivity contribution in [1.82, 2.24) is 0 Å². The minimum atomic E-state index is -0.943. The lowest BCUT2D eigenvalue weighted by atomic mass is 10.1. The lowest BCUT2D eigenvalue weighted by molar-refractivity contribution is 0.0697. The van der Waals surface area contributed by atoms with E-state index in [1.54, 1.807) is 37.5 Å². The fourth-order valence-corrected chi connectivity index (χ4v) is 2.64. The zero-order chi connectivity index (χ0) is 18.4. The van der Waals surface area contributed by atoms with Crippen LogP contribution in [0.5, 0.6) is 11.5 Å². The maximum Gasteiger partial charge on any atom is 0.335 e. The van der Waals surface area contributed by atoms with Crippen LogP contribution in [0, 0.1) is 6.92 Å². The lowest BCUT2D eigenvalue weighted by Crippen LogP contribution is -2.04. The molecule has 0 aliphatic carbocycles. The third-order valence-electron chi connectivity index (χ3n) is 3.59. The van der Waals surface area contributed by atoms with Gasteiger partial charge in [-0.25, -0.2) is 4.79 Å². The Labute approximate surface area is 151 Å². The first-order chi connectivity index (χ1) is 12.0. The zero-order valence-corrected chi connectivity index (χ0v) is 14.9. The van der Waals surface area contributed by atoms with Gasteiger partial charge in [0.2, 0.25) is 0 Å². The number of carbonyl (C=O) groups is 1. The largest absolute Gasteiger partial charge is 0.493 e. The zero-order valence-electron chi connectivity index (χ0n) is 14.1. The molecule has 25 heavy (non-hydrogen) atoms. The van der Waals surface area contributed by atoms with Crippen LogP contribution in [0.1, 0.15) is 21.5 Å². The third-order valence-corrected chi connectivity index (χ3v) is 3.87. The van der Waals surface area contributed by atoms with Crippen LogP contribution < -0.4 is 14.8 Å². The van der Waals surface area contributed by atoms with Gasteiger partial charge < -0.3 is 19.9 Å². The molecule has 5 nitrogen and oxygen atoms in total. The molecule has 2 aromatic rings. The van der Waals surface area contributed by atoms with Crippen molar-refractivity contribution in [3.05, 3.63) is 64.7 Å². The smallest absolute Gasteiger partial charge is 0.335 e. The molecule has 0 bridgehead atoms. The maximum atomic E-state index is 11.0. The average Bonchev–Trinajstić information content (AvgIpc) is 2.59. The molecule has 0 unspecified atom stereocenters. The van der Waals surface area contributed by atoms with Gasteiger partial charge in [0, 0.05) is 12.2 Å². The molecular formula is C19H20ClNO4. The van der Waals surface area contributed by atoms with E-state index in [4.69, 9.17) is 26.2 Å². The van der Waals surface area contributed by atoms with E-state index in [1.165, 1.54) is 0 Å². The molecule has 2 rings (SSSR count). The predicted molar refractivity (Wildman–Crippen MR) is 99.2 cm³/mol. The van der Waals surface area contributed by atoms with Gasteiger partial charge in [0.1, 0.15) is 6.61 Å². The molecule has 0 radical (unpaired) electrons. The second kappa shape index (κ2) is 8.44. The molecular weight excluding hydrogens is 342 g/mol. The van der Waals surface area contributed by atoms with E-state index < -0.39 is 5.97 Å². The fraction of sp³-hybridized carbons (Fsp3) is 0.211. The summed E-state index contributed by atoms with van der Waals surface area (Å²) < 4.78 is 10.9. The standard InChI is InChI=1S/C19H20ClNO4/c1-4-7-25-18-15(20)9-13(10-17(18)24-3)11-21-16-6-5-14(19(22)23)8-12(16)2/h4-6,8-10,21H,1,7,11H2,2-3H3,(H,22,23). The molecule has 0 fully saturated rings. The van der Waals surface area contributed by atoms with E-state index >= 15 is 0 Å². The van der Waals surface area contributed by atoms with Crippen LogP contribution in [0.4, 0.5) is 5.69 Å². The SMILES string of the molecule is C=CCOc1c(Cl)cc(CNc2ccc(C(=O)O)cc2C)cc1OC. The highest BCUT2D eigenvalue weighted by Crippen LogP contribution is 2.36. The fourth-order valence-electron chi connectivity index (χ4n) is 2.35. The van der Waals surface area contributed by atoms with Gasteiger partial charge in [-0.2, -0.15) is 0 Å². The van der Waals surface area contributed by atoms with E-state index in [2.05, 4.69) is 11.9 Å². The molecule has 132 valence electrons. The van der Waals surface area contributed by atoms with Gasteiger partial charge in [0.05, 0.1) is 17.7 Å². The number of nitrogens with one attached hydrogen (secondary N) is 1. The summed E-state index contributed by atoms with van der Waals surface area (Å²) in [6.07, 6.45) is 1.63. The first kappa shape index (κ1) is 18.7. The molecule has 0 aliphatic heterocycles. The number of carboxylic acids is 1. The Bertz CT molecular complexity index is 789. The molecule has 0 heterocycles. The topological polar surface area (TPSA) is 67.8 Å². The summed E-state index contributed by atoms with van der Waals surface area (Å²) in [5.41, 5.74) is 2.88. The van der Waals surface area contributed by atoms with Crippen molar-refractivity contribution in [2.24, 2.45) is 0 Å². The Morgan fingerprint density at radius 1 is 1.36 bits per heavy atom. The number of methoxy groups -OCH3 is 1. The second-order valence-electron chi connectivity index (χ2n) is 5.40. The molecule has 6 heteroatoms. The first-order valence-electron chi connectivity index (χ1n) is 7.64. The summed E-state index contributed by atoms with van der Waals surface area (Å²) in [7, 11) is 1.55. The quantitative estimate of drug-likeness (QED) is 0.676. The molecule has 0 saturated carbocycles. The van der Waals surface area contributed by atoms with Gasteiger partial charge in [-0.3, -0.25) is 0 Å². The van der Waals surface area contributed by atoms with Crippen LogP contribution in [-0.2, 0) is 6.54 Å². The summed E-state index contributed by atoms with van der Waals surface area (Å²) in [5, 5.41) is 12.7. The van der Waals surface area contributed by atoms with Crippen molar-refractivity contribution >= 4 is 23.3 Å². The van der Waals surface area contributed by atoms with Gasteiger partial charge >= 0.3 is 5.97 Å². The summed E-state index contributed by atoms with van der Waals surface area (Å²) in [6, 6.07) is 8.59. The molecule has 0 spiro atoms. The van der Waals surface area contributed by atoms with Crippen LogP contribution in [-0.4, -0.2) is 24.8 Å². The molecule has 2 aromatic carbocycles. The number of hydrogen-bond donors (Lipinski definition) is 2. The summed E-state index contributed by atoms with van der Waals surface area (Å²) in [6.45, 7) is 6.31. The summed E-state index contributed by atoms with van der Waals surface area (Å²) in [5.74, 6) is 0.0835.